The van der Waals surface area contributed by atoms with Crippen LogP contribution in [0, 0.1) is 16.7 Å². The van der Waals surface area contributed by atoms with Gasteiger partial charge in [-0.3, -0.25) is 9.69 Å². The first-order valence-corrected chi connectivity index (χ1v) is 13.8. The fourth-order valence-corrected chi connectivity index (χ4v) is 5.73. The minimum absolute atomic E-state index is 0.110. The second-order valence-electron chi connectivity index (χ2n) is 10.2. The Balaban J connectivity index is 1.33. The van der Waals surface area contributed by atoms with Crippen LogP contribution in [0.4, 0.5) is 5.82 Å². The maximum Gasteiger partial charge on any atom is 0.306 e. The van der Waals surface area contributed by atoms with Gasteiger partial charge in [0.05, 0.1) is 56.3 Å². The molecule has 0 bridgehead atoms. The van der Waals surface area contributed by atoms with E-state index in [0.717, 1.165) is 81.2 Å². The monoisotopic (exact) mass is 532 g/mol. The average molecular weight is 533 g/mol. The van der Waals surface area contributed by atoms with Gasteiger partial charge in [0.2, 0.25) is 0 Å². The number of hydrogen-bond acceptors (Lipinski definition) is 9. The first-order valence-electron chi connectivity index (χ1n) is 13.8. The van der Waals surface area contributed by atoms with Crippen LogP contribution >= 0.6 is 0 Å². The molecule has 0 amide bonds. The molecule has 5 heterocycles. The first kappa shape index (κ1) is 26.9. The van der Waals surface area contributed by atoms with E-state index in [1.165, 1.54) is 0 Å². The van der Waals surface area contributed by atoms with Gasteiger partial charge >= 0.3 is 5.97 Å². The predicted octanol–water partition coefficient (Wildman–Crippen LogP) is 3.54. The number of hydrogen-bond donors (Lipinski definition) is 0. The Morgan fingerprint density at radius 1 is 1.13 bits per heavy atom. The van der Waals surface area contributed by atoms with Gasteiger partial charge in [-0.1, -0.05) is 0 Å². The summed E-state index contributed by atoms with van der Waals surface area (Å²) in [5.41, 5.74) is 2.88. The number of rotatable bonds is 9. The summed E-state index contributed by atoms with van der Waals surface area (Å²) in [6.07, 6.45) is 7.44. The molecule has 0 saturated carbocycles. The zero-order valence-electron chi connectivity index (χ0n) is 22.8. The predicted molar refractivity (Wildman–Crippen MR) is 147 cm³/mol. The lowest BCUT2D eigenvalue weighted by molar-refractivity contribution is -0.147. The Labute approximate surface area is 229 Å². The van der Waals surface area contributed by atoms with E-state index in [2.05, 4.69) is 21.0 Å². The molecule has 3 aromatic rings. The Morgan fingerprint density at radius 3 is 2.59 bits per heavy atom. The summed E-state index contributed by atoms with van der Waals surface area (Å²) in [5, 5.41) is 14.0. The highest BCUT2D eigenvalue weighted by atomic mass is 16.5. The van der Waals surface area contributed by atoms with Crippen LogP contribution in [0.1, 0.15) is 38.7 Å². The number of fused-ring (bicyclic) bond motifs is 1. The Bertz CT molecular complexity index is 1320. The van der Waals surface area contributed by atoms with Gasteiger partial charge in [-0.25, -0.2) is 9.50 Å². The number of anilines is 1. The first-order chi connectivity index (χ1) is 19.0. The summed E-state index contributed by atoms with van der Waals surface area (Å²) in [7, 11) is 0. The van der Waals surface area contributed by atoms with E-state index < -0.39 is 0 Å². The molecule has 10 nitrogen and oxygen atoms in total. The molecule has 206 valence electrons. The summed E-state index contributed by atoms with van der Waals surface area (Å²) in [4.78, 5) is 22.1. The molecule has 39 heavy (non-hydrogen) atoms. The molecule has 0 aliphatic carbocycles. The van der Waals surface area contributed by atoms with E-state index in [0.29, 0.717) is 30.9 Å². The molecule has 0 aromatic carbocycles. The molecular weight excluding hydrogens is 496 g/mol. The van der Waals surface area contributed by atoms with Gasteiger partial charge in [-0.15, -0.1) is 0 Å². The summed E-state index contributed by atoms with van der Waals surface area (Å²) in [5.74, 6) is 1.48. The molecule has 10 heteroatoms. The van der Waals surface area contributed by atoms with Gasteiger partial charge in [0, 0.05) is 50.0 Å². The maximum absolute atomic E-state index is 12.5. The van der Waals surface area contributed by atoms with Gasteiger partial charge in [0.15, 0.2) is 0 Å². The molecule has 0 N–H and O–H groups in total. The summed E-state index contributed by atoms with van der Waals surface area (Å²) in [6, 6.07) is 8.24. The van der Waals surface area contributed by atoms with Crippen molar-refractivity contribution < 1.29 is 19.0 Å². The number of nitriles is 1. The summed E-state index contributed by atoms with van der Waals surface area (Å²) in [6.45, 7) is 10.5. The van der Waals surface area contributed by atoms with Crippen LogP contribution in [-0.4, -0.2) is 84.6 Å². The summed E-state index contributed by atoms with van der Waals surface area (Å²) >= 11 is 0. The van der Waals surface area contributed by atoms with Gasteiger partial charge in [0.1, 0.15) is 17.6 Å². The van der Waals surface area contributed by atoms with Crippen molar-refractivity contribution in [3.8, 4) is 22.9 Å². The van der Waals surface area contributed by atoms with Crippen LogP contribution in [0.25, 0.3) is 16.6 Å². The normalized spacial score (nSPS) is 17.6. The molecule has 2 aliphatic heterocycles. The van der Waals surface area contributed by atoms with Crippen LogP contribution in [-0.2, 0) is 14.3 Å². The number of nitrogens with zero attached hydrogens (tertiary/aromatic N) is 6. The van der Waals surface area contributed by atoms with E-state index in [1.54, 1.807) is 16.9 Å². The van der Waals surface area contributed by atoms with Gasteiger partial charge in [0.25, 0.3) is 0 Å². The number of carbonyl (C=O) groups excluding carboxylic acids is 1. The molecule has 2 fully saturated rings. The van der Waals surface area contributed by atoms with Gasteiger partial charge in [-0.05, 0) is 50.3 Å². The van der Waals surface area contributed by atoms with Crippen molar-refractivity contribution in [1.29, 1.82) is 5.26 Å². The van der Waals surface area contributed by atoms with Crippen molar-refractivity contribution >= 4 is 17.3 Å². The fourth-order valence-electron chi connectivity index (χ4n) is 5.73. The molecule has 0 atom stereocenters. The highest BCUT2D eigenvalue weighted by Gasteiger charge is 2.39. The molecule has 0 unspecified atom stereocenters. The number of pyridine rings is 2. The third-order valence-corrected chi connectivity index (χ3v) is 7.71. The van der Waals surface area contributed by atoms with Crippen LogP contribution < -0.4 is 9.64 Å². The Kier molecular flexibility index (Phi) is 8.29. The quantitative estimate of drug-likeness (QED) is 0.383. The number of ether oxygens (including phenoxy) is 3. The van der Waals surface area contributed by atoms with Crippen molar-refractivity contribution in [3.63, 3.8) is 0 Å². The van der Waals surface area contributed by atoms with Crippen molar-refractivity contribution in [2.45, 2.75) is 33.1 Å². The largest absolute Gasteiger partial charge is 0.492 e. The molecule has 2 aliphatic rings. The zero-order valence-corrected chi connectivity index (χ0v) is 22.8. The van der Waals surface area contributed by atoms with E-state index in [4.69, 9.17) is 19.2 Å². The minimum Gasteiger partial charge on any atom is -0.492 e. The third-order valence-electron chi connectivity index (χ3n) is 7.71. The molecule has 3 aromatic heterocycles. The number of esters is 1. The fraction of sp³-hybridized carbons (Fsp3) is 0.517. The molecule has 0 radical (unpaired) electrons. The highest BCUT2D eigenvalue weighted by Crippen LogP contribution is 2.38. The molecule has 5 rings (SSSR count). The average Bonchev–Trinajstić information content (AvgIpc) is 3.37. The Hall–Kier alpha value is -3.68. The number of morpholine rings is 1. The van der Waals surface area contributed by atoms with Crippen LogP contribution in [0.15, 0.2) is 36.8 Å². The number of aromatic nitrogens is 3. The minimum atomic E-state index is -0.112. The smallest absolute Gasteiger partial charge is 0.306 e. The van der Waals surface area contributed by atoms with Crippen molar-refractivity contribution in [1.82, 2.24) is 19.5 Å². The van der Waals surface area contributed by atoms with Crippen LogP contribution in [0.5, 0.6) is 5.75 Å². The lowest BCUT2D eigenvalue weighted by Crippen LogP contribution is -2.50. The molecular formula is C29H36N6O4. The third kappa shape index (κ3) is 6.00. The van der Waals surface area contributed by atoms with Crippen LogP contribution in [0.2, 0.25) is 0 Å². The number of piperidine rings is 1. The van der Waals surface area contributed by atoms with Crippen molar-refractivity contribution in [2.24, 2.45) is 5.41 Å². The van der Waals surface area contributed by atoms with E-state index >= 15 is 0 Å². The highest BCUT2D eigenvalue weighted by molar-refractivity contribution is 5.85. The lowest BCUT2D eigenvalue weighted by atomic mass is 9.75. The molecule has 0 spiro atoms. The SMILES string of the molecule is CCOC(=O)CC1(CN2CCOCC2)CCN(c2ccc(-c3cc(OCC)cn4ncc(C#N)c34)cn2)CC1. The van der Waals surface area contributed by atoms with E-state index in [-0.39, 0.29) is 11.4 Å². The number of carbonyl (C=O) groups is 1. The van der Waals surface area contributed by atoms with Crippen LogP contribution in [0.3, 0.4) is 0 Å². The van der Waals surface area contributed by atoms with Crippen molar-refractivity contribution in [3.05, 3.63) is 42.4 Å². The Morgan fingerprint density at radius 2 is 1.92 bits per heavy atom. The second kappa shape index (κ2) is 12.0. The molecule has 2 saturated heterocycles. The topological polar surface area (TPSA) is 105 Å². The van der Waals surface area contributed by atoms with Gasteiger partial charge < -0.3 is 19.1 Å². The van der Waals surface area contributed by atoms with E-state index in [9.17, 15) is 10.1 Å². The maximum atomic E-state index is 12.5. The van der Waals surface area contributed by atoms with Gasteiger partial charge in [-0.2, -0.15) is 10.4 Å². The van der Waals surface area contributed by atoms with Crippen molar-refractivity contribution in [2.75, 3.05) is 64.1 Å². The lowest BCUT2D eigenvalue weighted by Gasteiger charge is -2.45. The van der Waals surface area contributed by atoms with E-state index in [1.807, 2.05) is 38.2 Å². The zero-order chi connectivity index (χ0) is 27.2. The second-order valence-corrected chi connectivity index (χ2v) is 10.2. The standard InChI is InChI=1S/C29H36N6O4/c1-3-38-24-15-25(28-23(17-30)19-32-35(28)20-24)22-5-6-26(31-18-22)34-9-7-29(8-10-34,16-27(36)39-4-2)21-33-11-13-37-14-12-33/h5-6,15,18-20H,3-4,7-14,16,21H2,1-2H3. The summed E-state index contributed by atoms with van der Waals surface area (Å²) < 4.78 is 18.3.